The lowest BCUT2D eigenvalue weighted by Gasteiger charge is -2.20. The summed E-state index contributed by atoms with van der Waals surface area (Å²) in [6.45, 7) is 3.54. The summed E-state index contributed by atoms with van der Waals surface area (Å²) < 4.78 is 32.0. The molecule has 24 heavy (non-hydrogen) atoms. The van der Waals surface area contributed by atoms with Crippen LogP contribution in [0.1, 0.15) is 19.4 Å². The summed E-state index contributed by atoms with van der Waals surface area (Å²) in [4.78, 5) is 11.8. The van der Waals surface area contributed by atoms with E-state index in [2.05, 4.69) is 0 Å². The lowest BCUT2D eigenvalue weighted by molar-refractivity contribution is -0.141. The Labute approximate surface area is 142 Å². The van der Waals surface area contributed by atoms with Crippen LogP contribution < -0.4 is 23.7 Å². The van der Waals surface area contributed by atoms with Crippen molar-refractivity contribution in [1.82, 2.24) is 0 Å². The minimum atomic E-state index is -0.483. The summed E-state index contributed by atoms with van der Waals surface area (Å²) in [6.07, 6.45) is 2.59. The highest BCUT2D eigenvalue weighted by molar-refractivity contribution is 5.90. The molecule has 134 valence electrons. The van der Waals surface area contributed by atoms with E-state index in [4.69, 9.17) is 28.4 Å². The zero-order valence-electron chi connectivity index (χ0n) is 15.1. The average molecular weight is 340 g/mol. The Bertz CT molecular complexity index is 572. The molecule has 0 atom stereocenters. The Morgan fingerprint density at radius 1 is 0.750 bits per heavy atom. The Hall–Kier alpha value is -2.57. The average Bonchev–Trinajstić information content (AvgIpc) is 2.56. The largest absolute Gasteiger partial charge is 0.492 e. The second-order valence-electron chi connectivity index (χ2n) is 4.90. The van der Waals surface area contributed by atoms with E-state index < -0.39 is 5.97 Å². The number of carbonyl (C=O) groups excluding carboxylic acids is 1. The third-order valence-corrected chi connectivity index (χ3v) is 3.07. The molecule has 0 aliphatic heterocycles. The van der Waals surface area contributed by atoms with Gasteiger partial charge >= 0.3 is 5.97 Å². The van der Waals surface area contributed by atoms with Gasteiger partial charge in [-0.05, 0) is 19.9 Å². The quantitative estimate of drug-likeness (QED) is 0.532. The fourth-order valence-corrected chi connectivity index (χ4v) is 2.19. The van der Waals surface area contributed by atoms with E-state index in [9.17, 15) is 4.79 Å². The van der Waals surface area contributed by atoms with E-state index in [-0.39, 0.29) is 6.10 Å². The van der Waals surface area contributed by atoms with Crippen LogP contribution in [0.4, 0.5) is 0 Å². The van der Waals surface area contributed by atoms with Crippen molar-refractivity contribution in [2.24, 2.45) is 0 Å². The predicted octanol–water partition coefficient (Wildman–Crippen LogP) is 2.69. The van der Waals surface area contributed by atoms with E-state index in [0.717, 1.165) is 0 Å². The summed E-state index contributed by atoms with van der Waals surface area (Å²) in [5, 5.41) is 0. The van der Waals surface area contributed by atoms with Crippen molar-refractivity contribution >= 4 is 12.0 Å². The van der Waals surface area contributed by atoms with Gasteiger partial charge in [-0.15, -0.1) is 0 Å². The van der Waals surface area contributed by atoms with Crippen molar-refractivity contribution in [2.45, 2.75) is 20.0 Å². The van der Waals surface area contributed by atoms with Gasteiger partial charge in [0.2, 0.25) is 17.2 Å². The summed E-state index contributed by atoms with van der Waals surface area (Å²) in [7, 11) is 7.40. The lowest BCUT2D eigenvalue weighted by Crippen LogP contribution is -2.08. The van der Waals surface area contributed by atoms with Crippen molar-refractivity contribution in [3.63, 3.8) is 0 Å². The standard InChI is InChI=1S/C17H24O7/c1-10(2)24-12(18)9-8-11-13(19-3)15(21-5)17(23-7)16(22-6)14(11)20-4/h8-10H,1-7H3. The molecule has 0 unspecified atom stereocenters. The van der Waals surface area contributed by atoms with Crippen LogP contribution in [-0.4, -0.2) is 47.6 Å². The predicted molar refractivity (Wildman–Crippen MR) is 89.5 cm³/mol. The second-order valence-corrected chi connectivity index (χ2v) is 4.90. The fraction of sp³-hybridized carbons (Fsp3) is 0.471. The molecule has 0 saturated heterocycles. The van der Waals surface area contributed by atoms with E-state index in [1.54, 1.807) is 13.8 Å². The fourth-order valence-electron chi connectivity index (χ4n) is 2.19. The molecular weight excluding hydrogens is 316 g/mol. The van der Waals surface area contributed by atoms with Crippen LogP contribution in [-0.2, 0) is 9.53 Å². The van der Waals surface area contributed by atoms with Gasteiger partial charge in [0.15, 0.2) is 11.5 Å². The third-order valence-electron chi connectivity index (χ3n) is 3.07. The van der Waals surface area contributed by atoms with Crippen molar-refractivity contribution in [3.8, 4) is 28.7 Å². The van der Waals surface area contributed by atoms with E-state index >= 15 is 0 Å². The van der Waals surface area contributed by atoms with Gasteiger partial charge in [0.05, 0.1) is 47.2 Å². The highest BCUT2D eigenvalue weighted by Crippen LogP contribution is 2.53. The topological polar surface area (TPSA) is 72.5 Å². The van der Waals surface area contributed by atoms with E-state index in [1.165, 1.54) is 47.7 Å². The van der Waals surface area contributed by atoms with Crippen molar-refractivity contribution in [2.75, 3.05) is 35.5 Å². The van der Waals surface area contributed by atoms with Crippen LogP contribution >= 0.6 is 0 Å². The first kappa shape index (κ1) is 19.5. The van der Waals surface area contributed by atoms with Gasteiger partial charge in [-0.25, -0.2) is 4.79 Å². The van der Waals surface area contributed by atoms with Crippen LogP contribution in [0.3, 0.4) is 0 Å². The number of methoxy groups -OCH3 is 5. The normalized spacial score (nSPS) is 10.7. The molecule has 0 fully saturated rings. The number of hydrogen-bond acceptors (Lipinski definition) is 7. The molecular formula is C17H24O7. The first-order valence-electron chi connectivity index (χ1n) is 7.27. The summed E-state index contributed by atoms with van der Waals surface area (Å²) in [5.41, 5.74) is 0.468. The minimum Gasteiger partial charge on any atom is -0.492 e. The Kier molecular flexibility index (Phi) is 7.23. The molecule has 0 aromatic heterocycles. The zero-order chi connectivity index (χ0) is 18.3. The Balaban J connectivity index is 3.56. The van der Waals surface area contributed by atoms with Gasteiger partial charge in [0, 0.05) is 6.08 Å². The Morgan fingerprint density at radius 3 is 1.46 bits per heavy atom. The maximum Gasteiger partial charge on any atom is 0.331 e. The molecule has 0 N–H and O–H groups in total. The number of ether oxygens (including phenoxy) is 6. The van der Waals surface area contributed by atoms with Crippen LogP contribution in [0.5, 0.6) is 28.7 Å². The molecule has 7 heteroatoms. The molecule has 0 bridgehead atoms. The number of carbonyl (C=O) groups is 1. The number of esters is 1. The number of benzene rings is 1. The summed E-state index contributed by atoms with van der Waals surface area (Å²) in [6, 6.07) is 0. The molecule has 0 spiro atoms. The van der Waals surface area contributed by atoms with Crippen LogP contribution in [0.25, 0.3) is 6.08 Å². The third kappa shape index (κ3) is 4.04. The molecule has 0 aliphatic rings. The van der Waals surface area contributed by atoms with Crippen LogP contribution in [0.2, 0.25) is 0 Å². The SMILES string of the molecule is COc1c(C=CC(=O)OC(C)C)c(OC)c(OC)c(OC)c1OC. The van der Waals surface area contributed by atoms with Gasteiger partial charge in [0.1, 0.15) is 0 Å². The molecule has 1 aromatic rings. The Morgan fingerprint density at radius 2 is 1.12 bits per heavy atom. The number of hydrogen-bond donors (Lipinski definition) is 0. The first-order chi connectivity index (χ1) is 11.4. The maximum absolute atomic E-state index is 11.8. The van der Waals surface area contributed by atoms with Crippen molar-refractivity contribution in [1.29, 1.82) is 0 Å². The summed E-state index contributed by atoms with van der Waals surface area (Å²) in [5.74, 6) is 1.20. The molecule has 0 amide bonds. The highest BCUT2D eigenvalue weighted by Gasteiger charge is 2.27. The second kappa shape index (κ2) is 8.90. The van der Waals surface area contributed by atoms with Crippen molar-refractivity contribution < 1.29 is 33.2 Å². The summed E-state index contributed by atoms with van der Waals surface area (Å²) >= 11 is 0. The van der Waals surface area contributed by atoms with Gasteiger partial charge in [-0.2, -0.15) is 0 Å². The highest BCUT2D eigenvalue weighted by atomic mass is 16.6. The lowest BCUT2D eigenvalue weighted by atomic mass is 10.1. The molecule has 0 aliphatic carbocycles. The van der Waals surface area contributed by atoms with Crippen LogP contribution in [0.15, 0.2) is 6.08 Å². The van der Waals surface area contributed by atoms with Gasteiger partial charge in [0.25, 0.3) is 0 Å². The molecule has 7 nitrogen and oxygen atoms in total. The number of rotatable bonds is 8. The first-order valence-corrected chi connectivity index (χ1v) is 7.27. The molecule has 0 saturated carbocycles. The monoisotopic (exact) mass is 340 g/mol. The molecule has 1 rings (SSSR count). The maximum atomic E-state index is 11.8. The van der Waals surface area contributed by atoms with Gasteiger partial charge in [-0.3, -0.25) is 0 Å². The van der Waals surface area contributed by atoms with E-state index in [1.807, 2.05) is 0 Å². The molecule has 1 aromatic carbocycles. The zero-order valence-corrected chi connectivity index (χ0v) is 15.1. The van der Waals surface area contributed by atoms with Crippen LogP contribution in [0, 0.1) is 0 Å². The smallest absolute Gasteiger partial charge is 0.331 e. The minimum absolute atomic E-state index is 0.217. The molecule has 0 heterocycles. The van der Waals surface area contributed by atoms with Crippen molar-refractivity contribution in [3.05, 3.63) is 11.6 Å². The van der Waals surface area contributed by atoms with Gasteiger partial charge < -0.3 is 28.4 Å². The van der Waals surface area contributed by atoms with Gasteiger partial charge in [-0.1, -0.05) is 0 Å². The molecule has 0 radical (unpaired) electrons. The van der Waals surface area contributed by atoms with E-state index in [0.29, 0.717) is 34.3 Å².